The highest BCUT2D eigenvalue weighted by molar-refractivity contribution is 5.96. The van der Waals surface area contributed by atoms with Gasteiger partial charge in [-0.3, -0.25) is 4.79 Å². The van der Waals surface area contributed by atoms with Gasteiger partial charge in [0.15, 0.2) is 0 Å². The van der Waals surface area contributed by atoms with Crippen LogP contribution in [-0.2, 0) is 4.74 Å². The monoisotopic (exact) mass is 277 g/mol. The Morgan fingerprint density at radius 1 is 1.35 bits per heavy atom. The van der Waals surface area contributed by atoms with Gasteiger partial charge in [-0.1, -0.05) is 25.3 Å². The minimum absolute atomic E-state index is 0.149. The molecule has 1 aromatic carbocycles. The second-order valence-corrected chi connectivity index (χ2v) is 5.34. The number of benzene rings is 1. The molecule has 2 rings (SSSR count). The first-order chi connectivity index (χ1) is 9.68. The van der Waals surface area contributed by atoms with Gasteiger partial charge in [0.2, 0.25) is 0 Å². The van der Waals surface area contributed by atoms with Gasteiger partial charge in [0.05, 0.1) is 12.7 Å². The van der Waals surface area contributed by atoms with Crippen LogP contribution in [0.15, 0.2) is 18.2 Å². The lowest BCUT2D eigenvalue weighted by atomic mass is 9.98. The van der Waals surface area contributed by atoms with Gasteiger partial charge in [-0.25, -0.2) is 0 Å². The number of phenols is 1. The van der Waals surface area contributed by atoms with Crippen LogP contribution in [0.25, 0.3) is 0 Å². The van der Waals surface area contributed by atoms with E-state index in [1.54, 1.807) is 25.1 Å². The van der Waals surface area contributed by atoms with Crippen LogP contribution in [0.2, 0.25) is 0 Å². The van der Waals surface area contributed by atoms with Crippen molar-refractivity contribution in [3.05, 3.63) is 29.3 Å². The first-order valence-corrected chi connectivity index (χ1v) is 7.37. The zero-order valence-corrected chi connectivity index (χ0v) is 12.0. The molecule has 0 bridgehead atoms. The highest BCUT2D eigenvalue weighted by Gasteiger charge is 2.14. The number of rotatable bonds is 5. The van der Waals surface area contributed by atoms with Gasteiger partial charge in [-0.2, -0.15) is 0 Å². The number of hydrogen-bond acceptors (Lipinski definition) is 3. The molecule has 0 saturated heterocycles. The summed E-state index contributed by atoms with van der Waals surface area (Å²) in [5, 5.41) is 12.4. The fraction of sp³-hybridized carbons (Fsp3) is 0.562. The lowest BCUT2D eigenvalue weighted by molar-refractivity contribution is 0.0299. The largest absolute Gasteiger partial charge is 0.508 e. The van der Waals surface area contributed by atoms with Crippen LogP contribution >= 0.6 is 0 Å². The molecule has 20 heavy (non-hydrogen) atoms. The molecule has 4 heteroatoms. The van der Waals surface area contributed by atoms with Crippen LogP contribution < -0.4 is 5.32 Å². The molecule has 0 unspecified atom stereocenters. The standard InChI is InChI=1S/C16H23NO3/c1-12-14(8-5-9-15(12)18)16(19)17-10-11-20-13-6-3-2-4-7-13/h5,8-9,13,18H,2-4,6-7,10-11H2,1H3,(H,17,19). The van der Waals surface area contributed by atoms with Crippen LogP contribution in [0.1, 0.15) is 48.0 Å². The topological polar surface area (TPSA) is 58.6 Å². The van der Waals surface area contributed by atoms with Crippen molar-refractivity contribution < 1.29 is 14.6 Å². The minimum Gasteiger partial charge on any atom is -0.508 e. The van der Waals surface area contributed by atoms with Crippen molar-refractivity contribution in [3.63, 3.8) is 0 Å². The summed E-state index contributed by atoms with van der Waals surface area (Å²) < 4.78 is 5.76. The number of aromatic hydroxyl groups is 1. The SMILES string of the molecule is Cc1c(O)cccc1C(=O)NCCOC1CCCCC1. The van der Waals surface area contributed by atoms with E-state index in [0.717, 1.165) is 12.8 Å². The molecule has 0 radical (unpaired) electrons. The smallest absolute Gasteiger partial charge is 0.251 e. The highest BCUT2D eigenvalue weighted by Crippen LogP contribution is 2.20. The van der Waals surface area contributed by atoms with E-state index in [1.807, 2.05) is 0 Å². The van der Waals surface area contributed by atoms with Gasteiger partial charge < -0.3 is 15.2 Å². The summed E-state index contributed by atoms with van der Waals surface area (Å²) in [6.07, 6.45) is 6.45. The fourth-order valence-corrected chi connectivity index (χ4v) is 2.59. The van der Waals surface area contributed by atoms with E-state index in [2.05, 4.69) is 5.32 Å². The third-order valence-corrected chi connectivity index (χ3v) is 3.84. The quantitative estimate of drug-likeness (QED) is 0.814. The van der Waals surface area contributed by atoms with E-state index in [9.17, 15) is 9.90 Å². The molecule has 0 atom stereocenters. The number of ether oxygens (including phenoxy) is 1. The van der Waals surface area contributed by atoms with Gasteiger partial charge in [-0.15, -0.1) is 0 Å². The number of phenolic OH excluding ortho intramolecular Hbond substituents is 1. The third kappa shape index (κ3) is 3.97. The van der Waals surface area contributed by atoms with Crippen molar-refractivity contribution >= 4 is 5.91 Å². The summed E-state index contributed by atoms with van der Waals surface area (Å²) >= 11 is 0. The van der Waals surface area contributed by atoms with Crippen molar-refractivity contribution in [2.45, 2.75) is 45.1 Å². The summed E-state index contributed by atoms with van der Waals surface area (Å²) in [5.41, 5.74) is 1.13. The number of hydrogen-bond donors (Lipinski definition) is 2. The average molecular weight is 277 g/mol. The predicted octanol–water partition coefficient (Wildman–Crippen LogP) is 2.78. The molecule has 1 aliphatic rings. The van der Waals surface area contributed by atoms with Crippen LogP contribution in [0.5, 0.6) is 5.75 Å². The Kier molecular flexibility index (Phi) is 5.41. The number of amides is 1. The Morgan fingerprint density at radius 2 is 2.10 bits per heavy atom. The van der Waals surface area contributed by atoms with E-state index in [0.29, 0.717) is 30.4 Å². The van der Waals surface area contributed by atoms with Crippen LogP contribution in [0.4, 0.5) is 0 Å². The Morgan fingerprint density at radius 3 is 2.85 bits per heavy atom. The molecule has 0 spiro atoms. The van der Waals surface area contributed by atoms with E-state index in [1.165, 1.54) is 19.3 Å². The molecule has 1 amide bonds. The summed E-state index contributed by atoms with van der Waals surface area (Å²) in [5.74, 6) is -0.0123. The van der Waals surface area contributed by atoms with Crippen molar-refractivity contribution in [2.24, 2.45) is 0 Å². The number of carbonyl (C=O) groups is 1. The molecule has 2 N–H and O–H groups in total. The van der Waals surface area contributed by atoms with E-state index < -0.39 is 0 Å². The number of nitrogens with one attached hydrogen (secondary N) is 1. The summed E-state index contributed by atoms with van der Waals surface area (Å²) in [6.45, 7) is 2.79. The molecule has 1 fully saturated rings. The summed E-state index contributed by atoms with van der Waals surface area (Å²) in [7, 11) is 0. The van der Waals surface area contributed by atoms with Crippen molar-refractivity contribution in [1.29, 1.82) is 0 Å². The molecule has 1 aromatic rings. The predicted molar refractivity (Wildman–Crippen MR) is 78.0 cm³/mol. The summed E-state index contributed by atoms with van der Waals surface area (Å²) in [6, 6.07) is 4.97. The fourth-order valence-electron chi connectivity index (χ4n) is 2.59. The van der Waals surface area contributed by atoms with Gasteiger partial charge in [0.25, 0.3) is 5.91 Å². The molecular formula is C16H23NO3. The second-order valence-electron chi connectivity index (χ2n) is 5.34. The van der Waals surface area contributed by atoms with Crippen molar-refractivity contribution in [2.75, 3.05) is 13.2 Å². The zero-order valence-electron chi connectivity index (χ0n) is 12.0. The van der Waals surface area contributed by atoms with Gasteiger partial charge in [-0.05, 0) is 31.9 Å². The third-order valence-electron chi connectivity index (χ3n) is 3.84. The van der Waals surface area contributed by atoms with Gasteiger partial charge in [0, 0.05) is 17.7 Å². The molecule has 4 nitrogen and oxygen atoms in total. The Bertz CT molecular complexity index is 453. The highest BCUT2D eigenvalue weighted by atomic mass is 16.5. The average Bonchev–Trinajstić information content (AvgIpc) is 2.47. The molecule has 1 saturated carbocycles. The zero-order chi connectivity index (χ0) is 14.4. The first-order valence-electron chi connectivity index (χ1n) is 7.37. The molecule has 0 aliphatic heterocycles. The van der Waals surface area contributed by atoms with Gasteiger partial charge in [0.1, 0.15) is 5.75 Å². The van der Waals surface area contributed by atoms with Crippen molar-refractivity contribution in [1.82, 2.24) is 5.32 Å². The maximum absolute atomic E-state index is 12.0. The van der Waals surface area contributed by atoms with Crippen molar-refractivity contribution in [3.8, 4) is 5.75 Å². The lowest BCUT2D eigenvalue weighted by Gasteiger charge is -2.22. The molecule has 110 valence electrons. The molecule has 1 aliphatic carbocycles. The first kappa shape index (κ1) is 14.9. The molecule has 0 heterocycles. The van der Waals surface area contributed by atoms with E-state index in [-0.39, 0.29) is 11.7 Å². The minimum atomic E-state index is -0.161. The Hall–Kier alpha value is -1.55. The molecule has 0 aromatic heterocycles. The maximum atomic E-state index is 12.0. The van der Waals surface area contributed by atoms with Crippen LogP contribution in [-0.4, -0.2) is 30.3 Å². The summed E-state index contributed by atoms with van der Waals surface area (Å²) in [4.78, 5) is 12.0. The van der Waals surface area contributed by atoms with Gasteiger partial charge >= 0.3 is 0 Å². The molecular weight excluding hydrogens is 254 g/mol. The van der Waals surface area contributed by atoms with Crippen LogP contribution in [0.3, 0.4) is 0 Å². The lowest BCUT2D eigenvalue weighted by Crippen LogP contribution is -2.29. The maximum Gasteiger partial charge on any atom is 0.251 e. The van der Waals surface area contributed by atoms with E-state index in [4.69, 9.17) is 4.74 Å². The number of carbonyl (C=O) groups excluding carboxylic acids is 1. The van der Waals surface area contributed by atoms with Crippen LogP contribution in [0, 0.1) is 6.92 Å². The Labute approximate surface area is 120 Å². The second kappa shape index (κ2) is 7.29. The Balaban J connectivity index is 1.73. The van der Waals surface area contributed by atoms with E-state index >= 15 is 0 Å². The normalized spacial score (nSPS) is 16.1.